The standard InChI is InChI=1S/C13H18N2O2/c1-8(2)10(14)5-9-3-4-12-11(6-9)15-13(16)7-17-12/h3-4,6,8,10H,5,7,14H2,1-2H3,(H,15,16). The Kier molecular flexibility index (Phi) is 3.33. The molecule has 0 aliphatic carbocycles. The van der Waals surface area contributed by atoms with Gasteiger partial charge in [0.15, 0.2) is 6.61 Å². The van der Waals surface area contributed by atoms with Crippen LogP contribution in [-0.4, -0.2) is 18.6 Å². The fourth-order valence-corrected chi connectivity index (χ4v) is 1.77. The van der Waals surface area contributed by atoms with Crippen molar-refractivity contribution in [2.75, 3.05) is 11.9 Å². The van der Waals surface area contributed by atoms with E-state index >= 15 is 0 Å². The minimum absolute atomic E-state index is 0.0951. The van der Waals surface area contributed by atoms with Gasteiger partial charge in [-0.15, -0.1) is 0 Å². The number of nitrogens with two attached hydrogens (primary N) is 1. The van der Waals surface area contributed by atoms with E-state index in [1.807, 2.05) is 18.2 Å². The van der Waals surface area contributed by atoms with Crippen LogP contribution in [0.1, 0.15) is 19.4 Å². The summed E-state index contributed by atoms with van der Waals surface area (Å²) in [5, 5.41) is 2.80. The van der Waals surface area contributed by atoms with Gasteiger partial charge in [-0.05, 0) is 30.0 Å². The monoisotopic (exact) mass is 234 g/mol. The summed E-state index contributed by atoms with van der Waals surface area (Å²) >= 11 is 0. The van der Waals surface area contributed by atoms with Crippen molar-refractivity contribution in [3.8, 4) is 5.75 Å². The van der Waals surface area contributed by atoms with Gasteiger partial charge in [-0.25, -0.2) is 0 Å². The van der Waals surface area contributed by atoms with Gasteiger partial charge in [-0.1, -0.05) is 19.9 Å². The molecule has 0 fully saturated rings. The van der Waals surface area contributed by atoms with Gasteiger partial charge in [0, 0.05) is 6.04 Å². The van der Waals surface area contributed by atoms with Gasteiger partial charge in [0.2, 0.25) is 0 Å². The molecular weight excluding hydrogens is 216 g/mol. The van der Waals surface area contributed by atoms with E-state index in [9.17, 15) is 4.79 Å². The maximum atomic E-state index is 11.2. The van der Waals surface area contributed by atoms with Crippen LogP contribution in [0.3, 0.4) is 0 Å². The number of hydrogen-bond donors (Lipinski definition) is 2. The summed E-state index contributed by atoms with van der Waals surface area (Å²) < 4.78 is 5.30. The average molecular weight is 234 g/mol. The fourth-order valence-electron chi connectivity index (χ4n) is 1.77. The first-order valence-corrected chi connectivity index (χ1v) is 5.87. The highest BCUT2D eigenvalue weighted by Crippen LogP contribution is 2.28. The van der Waals surface area contributed by atoms with Crippen LogP contribution in [-0.2, 0) is 11.2 Å². The SMILES string of the molecule is CC(C)C(N)Cc1ccc2c(c1)NC(=O)CO2. The zero-order valence-corrected chi connectivity index (χ0v) is 10.2. The Morgan fingerprint density at radius 3 is 2.94 bits per heavy atom. The summed E-state index contributed by atoms with van der Waals surface area (Å²) in [7, 11) is 0. The van der Waals surface area contributed by atoms with Crippen molar-refractivity contribution in [2.45, 2.75) is 26.3 Å². The Morgan fingerprint density at radius 2 is 2.24 bits per heavy atom. The van der Waals surface area contributed by atoms with E-state index in [0.717, 1.165) is 23.4 Å². The number of benzene rings is 1. The molecule has 1 atom stereocenters. The van der Waals surface area contributed by atoms with Crippen molar-refractivity contribution in [1.82, 2.24) is 0 Å². The first-order valence-electron chi connectivity index (χ1n) is 5.87. The largest absolute Gasteiger partial charge is 0.482 e. The number of nitrogens with one attached hydrogen (secondary N) is 1. The summed E-state index contributed by atoms with van der Waals surface area (Å²) in [4.78, 5) is 11.2. The number of ether oxygens (including phenoxy) is 1. The van der Waals surface area contributed by atoms with E-state index in [1.165, 1.54) is 0 Å². The molecule has 0 saturated heterocycles. The molecule has 0 radical (unpaired) electrons. The maximum absolute atomic E-state index is 11.2. The molecule has 2 rings (SSSR count). The summed E-state index contributed by atoms with van der Waals surface area (Å²) in [6.07, 6.45) is 0.806. The molecule has 1 aromatic carbocycles. The molecule has 92 valence electrons. The van der Waals surface area contributed by atoms with Crippen LogP contribution in [0.2, 0.25) is 0 Å². The Bertz CT molecular complexity index is 429. The third-order valence-corrected chi connectivity index (χ3v) is 3.00. The van der Waals surface area contributed by atoms with Crippen LogP contribution < -0.4 is 15.8 Å². The minimum atomic E-state index is -0.109. The highest BCUT2D eigenvalue weighted by molar-refractivity contribution is 5.95. The van der Waals surface area contributed by atoms with Crippen molar-refractivity contribution in [1.29, 1.82) is 0 Å². The lowest BCUT2D eigenvalue weighted by atomic mass is 9.97. The number of anilines is 1. The molecule has 3 N–H and O–H groups in total. The maximum Gasteiger partial charge on any atom is 0.262 e. The molecule has 0 aromatic heterocycles. The van der Waals surface area contributed by atoms with Crippen LogP contribution in [0, 0.1) is 5.92 Å². The summed E-state index contributed by atoms with van der Waals surface area (Å²) in [5.41, 5.74) is 7.90. The van der Waals surface area contributed by atoms with Crippen molar-refractivity contribution in [2.24, 2.45) is 11.7 Å². The highest BCUT2D eigenvalue weighted by atomic mass is 16.5. The van der Waals surface area contributed by atoms with E-state index in [0.29, 0.717) is 5.92 Å². The van der Waals surface area contributed by atoms with Crippen LogP contribution in [0.5, 0.6) is 5.75 Å². The van der Waals surface area contributed by atoms with E-state index < -0.39 is 0 Å². The predicted octanol–water partition coefficient (Wildman–Crippen LogP) is 1.54. The molecule has 1 aromatic rings. The normalized spacial score (nSPS) is 16.1. The number of carbonyl (C=O) groups excluding carboxylic acids is 1. The molecule has 1 amide bonds. The molecule has 4 nitrogen and oxygen atoms in total. The molecule has 0 saturated carbocycles. The van der Waals surface area contributed by atoms with E-state index in [2.05, 4.69) is 19.2 Å². The number of carbonyl (C=O) groups is 1. The summed E-state index contributed by atoms with van der Waals surface area (Å²) in [5.74, 6) is 1.06. The second-order valence-electron chi connectivity index (χ2n) is 4.78. The Labute approximate surface area is 101 Å². The lowest BCUT2D eigenvalue weighted by molar-refractivity contribution is -0.118. The molecule has 4 heteroatoms. The molecule has 1 aliphatic rings. The fraction of sp³-hybridized carbons (Fsp3) is 0.462. The molecule has 0 spiro atoms. The second kappa shape index (κ2) is 4.75. The van der Waals surface area contributed by atoms with Gasteiger partial charge in [-0.2, -0.15) is 0 Å². The third kappa shape index (κ3) is 2.77. The first kappa shape index (κ1) is 11.9. The number of rotatable bonds is 3. The van der Waals surface area contributed by atoms with Gasteiger partial charge in [0.05, 0.1) is 5.69 Å². The molecule has 1 unspecified atom stereocenters. The predicted molar refractivity (Wildman–Crippen MR) is 67.1 cm³/mol. The van der Waals surface area contributed by atoms with Gasteiger partial charge in [-0.3, -0.25) is 4.79 Å². The first-order chi connectivity index (χ1) is 8.06. The van der Waals surface area contributed by atoms with Crippen LogP contribution in [0.15, 0.2) is 18.2 Å². The second-order valence-corrected chi connectivity index (χ2v) is 4.78. The molecule has 1 heterocycles. The topological polar surface area (TPSA) is 64.3 Å². The van der Waals surface area contributed by atoms with Gasteiger partial charge >= 0.3 is 0 Å². The smallest absolute Gasteiger partial charge is 0.262 e. The third-order valence-electron chi connectivity index (χ3n) is 3.00. The van der Waals surface area contributed by atoms with E-state index in [-0.39, 0.29) is 18.6 Å². The molecule has 17 heavy (non-hydrogen) atoms. The van der Waals surface area contributed by atoms with Crippen LogP contribution >= 0.6 is 0 Å². The lowest BCUT2D eigenvalue weighted by Gasteiger charge is -2.20. The molecular formula is C13H18N2O2. The van der Waals surface area contributed by atoms with Crippen molar-refractivity contribution < 1.29 is 9.53 Å². The van der Waals surface area contributed by atoms with Crippen molar-refractivity contribution in [3.05, 3.63) is 23.8 Å². The van der Waals surface area contributed by atoms with Gasteiger partial charge < -0.3 is 15.8 Å². The lowest BCUT2D eigenvalue weighted by Crippen LogP contribution is -2.29. The van der Waals surface area contributed by atoms with Gasteiger partial charge in [0.1, 0.15) is 5.75 Å². The van der Waals surface area contributed by atoms with E-state index in [1.54, 1.807) is 0 Å². The zero-order valence-electron chi connectivity index (χ0n) is 10.2. The average Bonchev–Trinajstić information content (AvgIpc) is 2.28. The van der Waals surface area contributed by atoms with Crippen molar-refractivity contribution >= 4 is 11.6 Å². The number of hydrogen-bond acceptors (Lipinski definition) is 3. The Morgan fingerprint density at radius 1 is 1.47 bits per heavy atom. The summed E-state index contributed by atoms with van der Waals surface area (Å²) in [6, 6.07) is 5.96. The molecule has 0 bridgehead atoms. The quantitative estimate of drug-likeness (QED) is 0.834. The van der Waals surface area contributed by atoms with E-state index in [4.69, 9.17) is 10.5 Å². The zero-order chi connectivity index (χ0) is 12.4. The minimum Gasteiger partial charge on any atom is -0.482 e. The Balaban J connectivity index is 2.15. The number of amides is 1. The highest BCUT2D eigenvalue weighted by Gasteiger charge is 2.17. The Hall–Kier alpha value is -1.55. The van der Waals surface area contributed by atoms with Gasteiger partial charge in [0.25, 0.3) is 5.91 Å². The summed E-state index contributed by atoms with van der Waals surface area (Å²) in [6.45, 7) is 4.31. The van der Waals surface area contributed by atoms with Crippen molar-refractivity contribution in [3.63, 3.8) is 0 Å². The number of fused-ring (bicyclic) bond motifs is 1. The van der Waals surface area contributed by atoms with Crippen LogP contribution in [0.25, 0.3) is 0 Å². The van der Waals surface area contributed by atoms with Crippen LogP contribution in [0.4, 0.5) is 5.69 Å². The molecule has 1 aliphatic heterocycles.